The first-order chi connectivity index (χ1) is 8.41. The number of nitrogens with two attached hydrogens (primary N) is 1. The van der Waals surface area contributed by atoms with Crippen LogP contribution in [0.4, 0.5) is 11.4 Å². The van der Waals surface area contributed by atoms with Crippen molar-refractivity contribution in [2.75, 3.05) is 16.8 Å². The van der Waals surface area contributed by atoms with Crippen molar-refractivity contribution in [3.63, 3.8) is 0 Å². The molecule has 0 bridgehead atoms. The molecule has 1 aromatic carbocycles. The molecule has 0 fully saturated rings. The van der Waals surface area contributed by atoms with Crippen molar-refractivity contribution in [2.45, 2.75) is 32.4 Å². The molecule has 1 aromatic rings. The summed E-state index contributed by atoms with van der Waals surface area (Å²) in [5.74, 6) is 0.267. The maximum Gasteiger partial charge on any atom is 0.225 e. The van der Waals surface area contributed by atoms with Crippen LogP contribution in [0.25, 0.3) is 0 Å². The number of anilines is 2. The monoisotopic (exact) mass is 268 g/mol. The molecule has 0 aromatic heterocycles. The Morgan fingerprint density at radius 3 is 2.72 bits per heavy atom. The van der Waals surface area contributed by atoms with Crippen LogP contribution in [-0.4, -0.2) is 21.1 Å². The lowest BCUT2D eigenvalue weighted by molar-refractivity contribution is -0.115. The van der Waals surface area contributed by atoms with Gasteiger partial charge in [-0.15, -0.1) is 0 Å². The Morgan fingerprint density at radius 1 is 1.44 bits per heavy atom. The number of rotatable bonds is 5. The number of nitrogen functional groups attached to an aromatic ring is 1. The van der Waals surface area contributed by atoms with Gasteiger partial charge in [-0.1, -0.05) is 19.9 Å². The van der Waals surface area contributed by atoms with E-state index in [4.69, 9.17) is 5.73 Å². The maximum atomic E-state index is 11.7. The molecule has 3 N–H and O–H groups in total. The van der Waals surface area contributed by atoms with Gasteiger partial charge in [0.1, 0.15) is 0 Å². The van der Waals surface area contributed by atoms with Crippen LogP contribution in [0.15, 0.2) is 18.2 Å². The van der Waals surface area contributed by atoms with Gasteiger partial charge in [0.25, 0.3) is 0 Å². The lowest BCUT2D eigenvalue weighted by Crippen LogP contribution is -2.18. The topological polar surface area (TPSA) is 72.2 Å². The lowest BCUT2D eigenvalue weighted by Gasteiger charge is -2.10. The van der Waals surface area contributed by atoms with Crippen LogP contribution in [0, 0.1) is 6.92 Å². The minimum Gasteiger partial charge on any atom is -0.398 e. The molecule has 0 heterocycles. The second-order valence-electron chi connectivity index (χ2n) is 4.45. The molecule has 0 spiro atoms. The molecule has 0 aliphatic heterocycles. The summed E-state index contributed by atoms with van der Waals surface area (Å²) < 4.78 is 11.5. The van der Waals surface area contributed by atoms with E-state index in [-0.39, 0.29) is 17.6 Å². The molecule has 0 aliphatic carbocycles. The van der Waals surface area contributed by atoms with Crippen molar-refractivity contribution in [3.05, 3.63) is 23.8 Å². The van der Waals surface area contributed by atoms with Crippen LogP contribution >= 0.6 is 0 Å². The molecule has 1 rings (SSSR count). The van der Waals surface area contributed by atoms with E-state index in [1.54, 1.807) is 12.1 Å². The molecule has 100 valence electrons. The van der Waals surface area contributed by atoms with Crippen LogP contribution in [-0.2, 0) is 15.6 Å². The maximum absolute atomic E-state index is 11.7. The molecule has 5 heteroatoms. The highest BCUT2D eigenvalue weighted by Gasteiger charge is 2.10. The van der Waals surface area contributed by atoms with Crippen molar-refractivity contribution >= 4 is 28.1 Å². The third-order valence-electron chi connectivity index (χ3n) is 2.71. The van der Waals surface area contributed by atoms with Crippen molar-refractivity contribution in [1.29, 1.82) is 0 Å². The van der Waals surface area contributed by atoms with Crippen molar-refractivity contribution in [3.8, 4) is 0 Å². The zero-order valence-electron chi connectivity index (χ0n) is 11.0. The molecule has 4 nitrogen and oxygen atoms in total. The van der Waals surface area contributed by atoms with E-state index in [0.29, 0.717) is 11.4 Å². The zero-order chi connectivity index (χ0) is 13.7. The molecular formula is C13H20N2O2S. The van der Waals surface area contributed by atoms with Gasteiger partial charge in [-0.3, -0.25) is 9.00 Å². The predicted molar refractivity (Wildman–Crippen MR) is 77.0 cm³/mol. The Kier molecular flexibility index (Phi) is 5.34. The van der Waals surface area contributed by atoms with Gasteiger partial charge in [-0.05, 0) is 24.6 Å². The van der Waals surface area contributed by atoms with E-state index in [1.807, 2.05) is 26.8 Å². The summed E-state index contributed by atoms with van der Waals surface area (Å²) in [5.41, 5.74) is 7.98. The van der Waals surface area contributed by atoms with Crippen molar-refractivity contribution in [1.82, 2.24) is 0 Å². The number of carbonyl (C=O) groups is 1. The first-order valence-corrected chi connectivity index (χ1v) is 7.32. The standard InChI is InChI=1S/C13H20N2O2S/c1-9(2)18(17)8-7-13(16)15-12-6-4-5-11(14)10(12)3/h4-6,9H,7-8,14H2,1-3H3,(H,15,16). The second kappa shape index (κ2) is 6.54. The Morgan fingerprint density at radius 2 is 2.11 bits per heavy atom. The van der Waals surface area contributed by atoms with E-state index in [1.165, 1.54) is 0 Å². The van der Waals surface area contributed by atoms with Crippen LogP contribution in [0.5, 0.6) is 0 Å². The zero-order valence-corrected chi connectivity index (χ0v) is 11.8. The summed E-state index contributed by atoms with van der Waals surface area (Å²) in [4.78, 5) is 11.7. The highest BCUT2D eigenvalue weighted by atomic mass is 32.2. The fourth-order valence-corrected chi connectivity index (χ4v) is 2.29. The first kappa shape index (κ1) is 14.7. The van der Waals surface area contributed by atoms with E-state index < -0.39 is 10.8 Å². The van der Waals surface area contributed by atoms with E-state index >= 15 is 0 Å². The summed E-state index contributed by atoms with van der Waals surface area (Å²) in [7, 11) is -0.946. The molecule has 1 unspecified atom stereocenters. The van der Waals surface area contributed by atoms with Gasteiger partial charge in [0.05, 0.1) is 0 Å². The quantitative estimate of drug-likeness (QED) is 0.803. The second-order valence-corrected chi connectivity index (χ2v) is 6.56. The van der Waals surface area contributed by atoms with Gasteiger partial charge in [0, 0.05) is 39.6 Å². The number of hydrogen-bond donors (Lipinski definition) is 2. The summed E-state index contributed by atoms with van der Waals surface area (Å²) in [6.07, 6.45) is 0.263. The molecule has 0 aliphatic rings. The Labute approximate surface area is 110 Å². The lowest BCUT2D eigenvalue weighted by atomic mass is 10.1. The summed E-state index contributed by atoms with van der Waals surface area (Å²) in [5, 5.41) is 2.88. The Bertz CT molecular complexity index is 458. The van der Waals surface area contributed by atoms with Gasteiger partial charge in [0.2, 0.25) is 5.91 Å². The van der Waals surface area contributed by atoms with Gasteiger partial charge < -0.3 is 11.1 Å². The highest BCUT2D eigenvalue weighted by Crippen LogP contribution is 2.20. The van der Waals surface area contributed by atoms with Gasteiger partial charge in [0.15, 0.2) is 0 Å². The van der Waals surface area contributed by atoms with Gasteiger partial charge >= 0.3 is 0 Å². The third kappa shape index (κ3) is 4.14. The number of benzene rings is 1. The van der Waals surface area contributed by atoms with E-state index in [2.05, 4.69) is 5.32 Å². The smallest absolute Gasteiger partial charge is 0.225 e. The fourth-order valence-electron chi connectivity index (χ4n) is 1.43. The average Bonchev–Trinajstić information content (AvgIpc) is 2.32. The molecule has 0 saturated heterocycles. The minimum absolute atomic E-state index is 0.0897. The average molecular weight is 268 g/mol. The van der Waals surface area contributed by atoms with E-state index in [9.17, 15) is 9.00 Å². The van der Waals surface area contributed by atoms with Crippen molar-refractivity contribution < 1.29 is 9.00 Å². The Hall–Kier alpha value is -1.36. The summed E-state index contributed by atoms with van der Waals surface area (Å²) in [6.45, 7) is 5.63. The van der Waals surface area contributed by atoms with Gasteiger partial charge in [-0.25, -0.2) is 0 Å². The van der Waals surface area contributed by atoms with Crippen LogP contribution in [0.3, 0.4) is 0 Å². The van der Waals surface area contributed by atoms with Crippen LogP contribution in [0.1, 0.15) is 25.8 Å². The third-order valence-corrected chi connectivity index (χ3v) is 4.36. The summed E-state index contributed by atoms with van der Waals surface area (Å²) in [6, 6.07) is 5.39. The molecule has 1 amide bonds. The SMILES string of the molecule is Cc1c(N)cccc1NC(=O)CCS(=O)C(C)C. The predicted octanol–water partition coefficient (Wildman–Crippen LogP) is 2.06. The number of carbonyl (C=O) groups excluding carboxylic acids is 1. The number of nitrogens with one attached hydrogen (secondary N) is 1. The molecule has 0 radical (unpaired) electrons. The van der Waals surface area contributed by atoms with Crippen LogP contribution in [0.2, 0.25) is 0 Å². The fraction of sp³-hybridized carbons (Fsp3) is 0.462. The molecule has 0 saturated carbocycles. The number of hydrogen-bond acceptors (Lipinski definition) is 3. The van der Waals surface area contributed by atoms with Crippen LogP contribution < -0.4 is 11.1 Å². The Balaban J connectivity index is 2.55. The minimum atomic E-state index is -0.946. The summed E-state index contributed by atoms with van der Waals surface area (Å²) >= 11 is 0. The highest BCUT2D eigenvalue weighted by molar-refractivity contribution is 7.85. The van der Waals surface area contributed by atoms with E-state index in [0.717, 1.165) is 11.3 Å². The molecule has 18 heavy (non-hydrogen) atoms. The largest absolute Gasteiger partial charge is 0.398 e. The normalized spacial score (nSPS) is 12.4. The van der Waals surface area contributed by atoms with Gasteiger partial charge in [-0.2, -0.15) is 0 Å². The molecular weight excluding hydrogens is 248 g/mol. The van der Waals surface area contributed by atoms with Crippen molar-refractivity contribution in [2.24, 2.45) is 0 Å². The molecule has 1 atom stereocenters. The first-order valence-electron chi connectivity index (χ1n) is 5.94. The number of amides is 1.